The van der Waals surface area contributed by atoms with E-state index in [1.54, 1.807) is 6.92 Å². The van der Waals surface area contributed by atoms with E-state index >= 15 is 4.39 Å². The molecule has 0 radical (unpaired) electrons. The van der Waals surface area contributed by atoms with Crippen molar-refractivity contribution in [1.82, 2.24) is 4.57 Å². The number of esters is 1. The maximum absolute atomic E-state index is 15.1. The molecule has 1 aromatic carbocycles. The standard InChI is InChI=1S/C26H27F5N4O4S2/c1-4-13(2)22(32)24(37)39-12-35-18(15-5-6-17(27)20(21(15)28)26(29,30)31)10-41-25(35)33-19(36)7-14-9-40-23-16(14)8-38-11-34(23)3/h5-6,9-10,13,22H,4,7-8,11-12,32H2,1-3H3/b33-25-/t13-,22-/m0/s1. The van der Waals surface area contributed by atoms with Crippen LogP contribution in [0.3, 0.4) is 0 Å². The lowest BCUT2D eigenvalue weighted by molar-refractivity contribution is -0.150. The second-order valence-corrected chi connectivity index (χ2v) is 11.2. The smallest absolute Gasteiger partial charge is 0.422 e. The van der Waals surface area contributed by atoms with Crippen LogP contribution in [-0.4, -0.2) is 36.3 Å². The predicted molar refractivity (Wildman–Crippen MR) is 143 cm³/mol. The van der Waals surface area contributed by atoms with Gasteiger partial charge in [-0.3, -0.25) is 14.2 Å². The van der Waals surface area contributed by atoms with Gasteiger partial charge < -0.3 is 20.1 Å². The summed E-state index contributed by atoms with van der Waals surface area (Å²) in [5.74, 6) is -5.26. The summed E-state index contributed by atoms with van der Waals surface area (Å²) in [6.07, 6.45) is -4.82. The number of carbonyl (C=O) groups is 2. The fourth-order valence-electron chi connectivity index (χ4n) is 4.16. The first-order valence-corrected chi connectivity index (χ1v) is 14.2. The highest BCUT2D eigenvalue weighted by atomic mass is 32.1. The number of amides is 1. The van der Waals surface area contributed by atoms with E-state index in [0.29, 0.717) is 31.4 Å². The highest BCUT2D eigenvalue weighted by Crippen LogP contribution is 2.38. The number of aromatic nitrogens is 1. The molecule has 3 aromatic rings. The number of fused-ring (bicyclic) bond motifs is 1. The van der Waals surface area contributed by atoms with E-state index in [-0.39, 0.29) is 22.8 Å². The molecule has 1 aliphatic heterocycles. The number of anilines is 1. The zero-order valence-electron chi connectivity index (χ0n) is 22.3. The normalized spacial score (nSPS) is 15.5. The van der Waals surface area contributed by atoms with Crippen LogP contribution >= 0.6 is 22.7 Å². The van der Waals surface area contributed by atoms with E-state index in [9.17, 15) is 27.2 Å². The first-order valence-electron chi connectivity index (χ1n) is 12.4. The fraction of sp³-hybridized carbons (Fsp3) is 0.423. The molecule has 0 spiro atoms. The van der Waals surface area contributed by atoms with E-state index < -0.39 is 53.6 Å². The third-order valence-electron chi connectivity index (χ3n) is 6.71. The van der Waals surface area contributed by atoms with Crippen LogP contribution in [0, 0.1) is 17.6 Å². The molecule has 222 valence electrons. The van der Waals surface area contributed by atoms with E-state index in [0.717, 1.165) is 32.5 Å². The Hall–Kier alpha value is -3.14. The molecule has 3 heterocycles. The molecular formula is C26H27F5N4O4S2. The average Bonchev–Trinajstić information content (AvgIpc) is 3.50. The Bertz CT molecular complexity index is 1510. The Morgan fingerprint density at radius 1 is 1.22 bits per heavy atom. The molecule has 8 nitrogen and oxygen atoms in total. The third-order valence-corrected chi connectivity index (χ3v) is 8.76. The Kier molecular flexibility index (Phi) is 9.31. The molecule has 0 aliphatic carbocycles. The number of nitrogens with zero attached hydrogens (tertiary/aromatic N) is 3. The van der Waals surface area contributed by atoms with Gasteiger partial charge in [-0.05, 0) is 29.0 Å². The molecule has 0 fully saturated rings. The van der Waals surface area contributed by atoms with Crippen molar-refractivity contribution in [2.75, 3.05) is 18.7 Å². The number of benzene rings is 1. The van der Waals surface area contributed by atoms with Crippen LogP contribution < -0.4 is 15.4 Å². The maximum atomic E-state index is 15.1. The zero-order chi connectivity index (χ0) is 30.1. The molecule has 1 amide bonds. The molecule has 0 unspecified atom stereocenters. The number of alkyl halides is 3. The van der Waals surface area contributed by atoms with Gasteiger partial charge in [0.25, 0.3) is 5.91 Å². The number of hydrogen-bond donors (Lipinski definition) is 1. The molecule has 0 saturated heterocycles. The first-order chi connectivity index (χ1) is 19.3. The van der Waals surface area contributed by atoms with E-state index in [1.165, 1.54) is 16.7 Å². The first kappa shape index (κ1) is 30.8. The van der Waals surface area contributed by atoms with Gasteiger partial charge in [-0.25, -0.2) is 8.78 Å². The van der Waals surface area contributed by atoms with E-state index in [1.807, 2.05) is 24.3 Å². The topological polar surface area (TPSA) is 99.2 Å². The fourth-order valence-corrected chi connectivity index (χ4v) is 6.11. The van der Waals surface area contributed by atoms with Crippen LogP contribution in [0.25, 0.3) is 11.3 Å². The number of halogens is 5. The molecule has 41 heavy (non-hydrogen) atoms. The minimum atomic E-state index is -5.30. The predicted octanol–water partition coefficient (Wildman–Crippen LogP) is 5.04. The monoisotopic (exact) mass is 618 g/mol. The molecule has 1 aliphatic rings. The molecule has 2 N–H and O–H groups in total. The van der Waals surface area contributed by atoms with Gasteiger partial charge >= 0.3 is 12.1 Å². The van der Waals surface area contributed by atoms with Gasteiger partial charge in [-0.2, -0.15) is 18.2 Å². The summed E-state index contributed by atoms with van der Waals surface area (Å²) in [5.41, 5.74) is 4.62. The van der Waals surface area contributed by atoms with Crippen LogP contribution in [0.4, 0.5) is 27.0 Å². The summed E-state index contributed by atoms with van der Waals surface area (Å²) in [6, 6.07) is 0.342. The molecule has 4 rings (SSSR count). The molecule has 0 bridgehead atoms. The number of nitrogens with two attached hydrogens (primary N) is 1. The van der Waals surface area contributed by atoms with Crippen molar-refractivity contribution in [2.24, 2.45) is 16.6 Å². The van der Waals surface area contributed by atoms with Gasteiger partial charge in [-0.15, -0.1) is 22.7 Å². The quantitative estimate of drug-likeness (QED) is 0.281. The number of ether oxygens (including phenoxy) is 2. The molecule has 2 aromatic heterocycles. The summed E-state index contributed by atoms with van der Waals surface area (Å²) in [5, 5.41) is 4.03. The number of rotatable bonds is 8. The summed E-state index contributed by atoms with van der Waals surface area (Å²) >= 11 is 2.27. The van der Waals surface area contributed by atoms with Crippen molar-refractivity contribution in [3.05, 3.63) is 56.0 Å². The highest BCUT2D eigenvalue weighted by Gasteiger charge is 2.39. The Labute approximate surface area is 239 Å². The van der Waals surface area contributed by atoms with Crippen molar-refractivity contribution in [1.29, 1.82) is 0 Å². The molecular weight excluding hydrogens is 591 g/mol. The lowest BCUT2D eigenvalue weighted by Gasteiger charge is -2.24. The third kappa shape index (κ3) is 6.52. The summed E-state index contributed by atoms with van der Waals surface area (Å²) in [4.78, 5) is 31.5. The lowest BCUT2D eigenvalue weighted by atomic mass is 10.0. The van der Waals surface area contributed by atoms with Gasteiger partial charge in [0.15, 0.2) is 11.5 Å². The lowest BCUT2D eigenvalue weighted by Crippen LogP contribution is -2.38. The van der Waals surface area contributed by atoms with Gasteiger partial charge in [0, 0.05) is 23.6 Å². The van der Waals surface area contributed by atoms with Crippen molar-refractivity contribution in [2.45, 2.75) is 52.2 Å². The number of hydrogen-bond acceptors (Lipinski definition) is 8. The maximum Gasteiger partial charge on any atom is 0.422 e. The van der Waals surface area contributed by atoms with Crippen molar-refractivity contribution < 1.29 is 41.0 Å². The summed E-state index contributed by atoms with van der Waals surface area (Å²) in [6.45, 7) is 3.69. The second-order valence-electron chi connectivity index (χ2n) is 9.52. The summed E-state index contributed by atoms with van der Waals surface area (Å²) < 4.78 is 81.2. The highest BCUT2D eigenvalue weighted by molar-refractivity contribution is 7.14. The average molecular weight is 619 g/mol. The Balaban J connectivity index is 1.73. The van der Waals surface area contributed by atoms with Gasteiger partial charge in [-0.1, -0.05) is 20.3 Å². The van der Waals surface area contributed by atoms with Crippen molar-refractivity contribution in [3.8, 4) is 11.3 Å². The molecule has 0 saturated carbocycles. The Morgan fingerprint density at radius 3 is 2.63 bits per heavy atom. The SMILES string of the molecule is CC[C@H](C)[C@H](N)C(=O)OCn1c(-c2ccc(F)c(C(F)(F)F)c2F)cs/c1=N\C(=O)Cc1csc2c1COCN2C. The number of thiophene rings is 1. The Morgan fingerprint density at radius 2 is 1.95 bits per heavy atom. The van der Waals surface area contributed by atoms with Crippen LogP contribution in [-0.2, 0) is 45.0 Å². The number of carbonyl (C=O) groups excluding carboxylic acids is 2. The molecule has 15 heteroatoms. The van der Waals surface area contributed by atoms with Crippen molar-refractivity contribution >= 4 is 39.6 Å². The van der Waals surface area contributed by atoms with E-state index in [4.69, 9.17) is 15.2 Å². The van der Waals surface area contributed by atoms with Crippen LogP contribution in [0.2, 0.25) is 0 Å². The van der Waals surface area contributed by atoms with Gasteiger partial charge in [0.1, 0.15) is 30.0 Å². The second kappa shape index (κ2) is 12.4. The van der Waals surface area contributed by atoms with Gasteiger partial charge in [0.05, 0.1) is 23.7 Å². The van der Waals surface area contributed by atoms with Crippen LogP contribution in [0.1, 0.15) is 37.0 Å². The minimum Gasteiger partial charge on any atom is -0.443 e. The van der Waals surface area contributed by atoms with E-state index in [2.05, 4.69) is 4.99 Å². The summed E-state index contributed by atoms with van der Waals surface area (Å²) in [7, 11) is 1.85. The van der Waals surface area contributed by atoms with Gasteiger partial charge in [0.2, 0.25) is 0 Å². The zero-order valence-corrected chi connectivity index (χ0v) is 23.9. The van der Waals surface area contributed by atoms with Crippen LogP contribution in [0.15, 0.2) is 27.9 Å². The van der Waals surface area contributed by atoms with Crippen molar-refractivity contribution in [3.63, 3.8) is 0 Å². The largest absolute Gasteiger partial charge is 0.443 e. The molecule has 2 atom stereocenters. The number of thiazole rings is 1. The minimum absolute atomic E-state index is 0.0651. The van der Waals surface area contributed by atoms with Crippen LogP contribution in [0.5, 0.6) is 0 Å².